The summed E-state index contributed by atoms with van der Waals surface area (Å²) in [5.74, 6) is 1.59. The number of anilines is 2. The SMILES string of the molecule is COc1ccc(-c2cc3nccc(Nc4ccc5[nH]ccc5c4C)c3o2)cc1. The van der Waals surface area contributed by atoms with Crippen molar-refractivity contribution in [1.29, 1.82) is 0 Å². The minimum absolute atomic E-state index is 0.738. The van der Waals surface area contributed by atoms with Gasteiger partial charge in [-0.3, -0.25) is 4.98 Å². The summed E-state index contributed by atoms with van der Waals surface area (Å²) >= 11 is 0. The van der Waals surface area contributed by atoms with Gasteiger partial charge in [0.1, 0.15) is 17.0 Å². The number of hydrogen-bond donors (Lipinski definition) is 2. The Kier molecular flexibility index (Phi) is 3.79. The number of H-pyrrole nitrogens is 1. The van der Waals surface area contributed by atoms with E-state index >= 15 is 0 Å². The Labute approximate surface area is 162 Å². The summed E-state index contributed by atoms with van der Waals surface area (Å²) in [5, 5.41) is 4.72. The fourth-order valence-corrected chi connectivity index (χ4v) is 3.50. The van der Waals surface area contributed by atoms with E-state index in [-0.39, 0.29) is 0 Å². The normalized spacial score (nSPS) is 11.2. The van der Waals surface area contributed by atoms with Crippen molar-refractivity contribution in [3.05, 3.63) is 72.6 Å². The van der Waals surface area contributed by atoms with Crippen molar-refractivity contribution in [3.8, 4) is 17.1 Å². The molecule has 3 heterocycles. The third-order valence-electron chi connectivity index (χ3n) is 5.06. The average molecular weight is 369 g/mol. The third kappa shape index (κ3) is 2.68. The first kappa shape index (κ1) is 16.4. The maximum atomic E-state index is 6.17. The van der Waals surface area contributed by atoms with Crippen LogP contribution >= 0.6 is 0 Å². The van der Waals surface area contributed by atoms with Crippen LogP contribution in [0.5, 0.6) is 5.75 Å². The Hall–Kier alpha value is -3.73. The molecule has 0 atom stereocenters. The van der Waals surface area contributed by atoms with Gasteiger partial charge in [-0.2, -0.15) is 0 Å². The minimum Gasteiger partial charge on any atom is -0.497 e. The van der Waals surface area contributed by atoms with E-state index in [0.717, 1.165) is 45.1 Å². The molecular weight excluding hydrogens is 350 g/mol. The molecule has 138 valence electrons. The second kappa shape index (κ2) is 6.46. The highest BCUT2D eigenvalue weighted by molar-refractivity contribution is 5.94. The predicted octanol–water partition coefficient (Wildman–Crippen LogP) is 6.04. The number of methoxy groups -OCH3 is 1. The lowest BCUT2D eigenvalue weighted by atomic mass is 10.1. The summed E-state index contributed by atoms with van der Waals surface area (Å²) in [6.07, 6.45) is 3.75. The maximum Gasteiger partial charge on any atom is 0.176 e. The van der Waals surface area contributed by atoms with Gasteiger partial charge in [-0.15, -0.1) is 0 Å². The van der Waals surface area contributed by atoms with Crippen molar-refractivity contribution in [2.45, 2.75) is 6.92 Å². The molecule has 0 aliphatic heterocycles. The van der Waals surface area contributed by atoms with Crippen LogP contribution in [0.25, 0.3) is 33.3 Å². The fraction of sp³-hybridized carbons (Fsp3) is 0.0870. The van der Waals surface area contributed by atoms with Gasteiger partial charge in [0.05, 0.1) is 12.8 Å². The number of fused-ring (bicyclic) bond motifs is 2. The van der Waals surface area contributed by atoms with E-state index < -0.39 is 0 Å². The highest BCUT2D eigenvalue weighted by Gasteiger charge is 2.13. The van der Waals surface area contributed by atoms with Crippen molar-refractivity contribution < 1.29 is 9.15 Å². The largest absolute Gasteiger partial charge is 0.497 e. The van der Waals surface area contributed by atoms with Crippen LogP contribution in [0, 0.1) is 6.92 Å². The molecule has 0 fully saturated rings. The number of aromatic amines is 1. The van der Waals surface area contributed by atoms with Crippen molar-refractivity contribution >= 4 is 33.4 Å². The second-order valence-electron chi connectivity index (χ2n) is 6.71. The monoisotopic (exact) mass is 369 g/mol. The summed E-state index contributed by atoms with van der Waals surface area (Å²) in [6, 6.07) is 17.9. The molecule has 0 saturated carbocycles. The van der Waals surface area contributed by atoms with Crippen LogP contribution in [-0.4, -0.2) is 17.1 Å². The van der Waals surface area contributed by atoms with Crippen molar-refractivity contribution in [2.24, 2.45) is 0 Å². The van der Waals surface area contributed by atoms with Crippen molar-refractivity contribution in [3.63, 3.8) is 0 Å². The number of furan rings is 1. The molecule has 2 N–H and O–H groups in total. The van der Waals surface area contributed by atoms with E-state index in [4.69, 9.17) is 9.15 Å². The standard InChI is InChI=1S/C23H19N3O2/c1-14-17-9-11-24-19(17)8-7-18(14)26-20-10-12-25-21-13-22(28-23(20)21)15-3-5-16(27-2)6-4-15/h3-13,24H,1-2H3,(H,25,26). The number of nitrogens with zero attached hydrogens (tertiary/aromatic N) is 1. The minimum atomic E-state index is 0.738. The number of hydrogen-bond acceptors (Lipinski definition) is 4. The number of aryl methyl sites for hydroxylation is 1. The molecule has 2 aromatic carbocycles. The zero-order chi connectivity index (χ0) is 19.1. The second-order valence-corrected chi connectivity index (χ2v) is 6.71. The molecular formula is C23H19N3O2. The Balaban J connectivity index is 1.55. The fourth-order valence-electron chi connectivity index (χ4n) is 3.50. The van der Waals surface area contributed by atoms with Gasteiger partial charge in [0.25, 0.3) is 0 Å². The first-order chi connectivity index (χ1) is 13.7. The predicted molar refractivity (Wildman–Crippen MR) is 112 cm³/mol. The zero-order valence-corrected chi connectivity index (χ0v) is 15.6. The molecule has 0 unspecified atom stereocenters. The lowest BCUT2D eigenvalue weighted by Crippen LogP contribution is -1.94. The summed E-state index contributed by atoms with van der Waals surface area (Å²) in [7, 11) is 1.66. The molecule has 5 aromatic rings. The summed E-state index contributed by atoms with van der Waals surface area (Å²) in [4.78, 5) is 7.71. The highest BCUT2D eigenvalue weighted by atomic mass is 16.5. The van der Waals surface area contributed by atoms with Crippen LogP contribution in [-0.2, 0) is 0 Å². The Morgan fingerprint density at radius 1 is 1.00 bits per heavy atom. The van der Waals surface area contributed by atoms with Gasteiger partial charge in [0, 0.05) is 40.6 Å². The number of aromatic nitrogens is 2. The van der Waals surface area contributed by atoms with E-state index in [9.17, 15) is 0 Å². The van der Waals surface area contributed by atoms with Gasteiger partial charge < -0.3 is 19.5 Å². The number of rotatable bonds is 4. The van der Waals surface area contributed by atoms with E-state index in [1.165, 1.54) is 10.9 Å². The first-order valence-corrected chi connectivity index (χ1v) is 9.09. The lowest BCUT2D eigenvalue weighted by Gasteiger charge is -2.10. The third-order valence-corrected chi connectivity index (χ3v) is 5.06. The molecule has 0 bridgehead atoms. The van der Waals surface area contributed by atoms with Crippen LogP contribution < -0.4 is 10.1 Å². The van der Waals surface area contributed by atoms with Gasteiger partial charge in [-0.05, 0) is 61.0 Å². The molecule has 3 aromatic heterocycles. The van der Waals surface area contributed by atoms with E-state index in [0.29, 0.717) is 0 Å². The van der Waals surface area contributed by atoms with Gasteiger partial charge in [-0.25, -0.2) is 0 Å². The molecule has 5 rings (SSSR count). The van der Waals surface area contributed by atoms with Gasteiger partial charge in [0.15, 0.2) is 5.58 Å². The average Bonchev–Trinajstić information content (AvgIpc) is 3.38. The summed E-state index contributed by atoms with van der Waals surface area (Å²) < 4.78 is 11.4. The topological polar surface area (TPSA) is 63.1 Å². The quantitative estimate of drug-likeness (QED) is 0.405. The summed E-state index contributed by atoms with van der Waals surface area (Å²) in [5.41, 5.74) is 6.78. The maximum absolute atomic E-state index is 6.17. The molecule has 5 heteroatoms. The highest BCUT2D eigenvalue weighted by Crippen LogP contribution is 2.34. The molecule has 28 heavy (non-hydrogen) atoms. The number of ether oxygens (including phenoxy) is 1. The molecule has 0 amide bonds. The Morgan fingerprint density at radius 3 is 2.68 bits per heavy atom. The van der Waals surface area contributed by atoms with Crippen LogP contribution in [0.15, 0.2) is 71.4 Å². The van der Waals surface area contributed by atoms with Gasteiger partial charge >= 0.3 is 0 Å². The van der Waals surface area contributed by atoms with E-state index in [2.05, 4.69) is 40.4 Å². The van der Waals surface area contributed by atoms with Crippen LogP contribution in [0.1, 0.15) is 5.56 Å². The number of pyridine rings is 1. The lowest BCUT2D eigenvalue weighted by molar-refractivity contribution is 0.415. The molecule has 0 spiro atoms. The van der Waals surface area contributed by atoms with Crippen LogP contribution in [0.2, 0.25) is 0 Å². The van der Waals surface area contributed by atoms with Gasteiger partial charge in [-0.1, -0.05) is 0 Å². The molecule has 5 nitrogen and oxygen atoms in total. The molecule has 0 saturated heterocycles. The van der Waals surface area contributed by atoms with Gasteiger partial charge in [0.2, 0.25) is 0 Å². The van der Waals surface area contributed by atoms with Crippen LogP contribution in [0.4, 0.5) is 11.4 Å². The van der Waals surface area contributed by atoms with Crippen LogP contribution in [0.3, 0.4) is 0 Å². The number of benzene rings is 2. The van der Waals surface area contributed by atoms with E-state index in [1.54, 1.807) is 13.3 Å². The first-order valence-electron chi connectivity index (χ1n) is 9.09. The number of nitrogens with one attached hydrogen (secondary N) is 2. The van der Waals surface area contributed by atoms with Crippen molar-refractivity contribution in [2.75, 3.05) is 12.4 Å². The Bertz CT molecular complexity index is 1280. The van der Waals surface area contributed by atoms with Crippen molar-refractivity contribution in [1.82, 2.24) is 9.97 Å². The smallest absolute Gasteiger partial charge is 0.176 e. The molecule has 0 aliphatic rings. The molecule has 0 radical (unpaired) electrons. The zero-order valence-electron chi connectivity index (χ0n) is 15.6. The summed E-state index contributed by atoms with van der Waals surface area (Å²) in [6.45, 7) is 2.11. The van der Waals surface area contributed by atoms with E-state index in [1.807, 2.05) is 42.6 Å². The Morgan fingerprint density at radius 2 is 1.86 bits per heavy atom. The molecule has 0 aliphatic carbocycles.